The standard InChI is InChI=1S/C15H23N3O/c1-5-12-11-8-15(3,4)7-6-13(11)18-14(17-12)9-16-10(2)19/h5-9H2,1-4H3,(H,16,19). The van der Waals surface area contributed by atoms with Gasteiger partial charge in [-0.1, -0.05) is 20.8 Å². The van der Waals surface area contributed by atoms with Crippen LogP contribution in [0.2, 0.25) is 0 Å². The summed E-state index contributed by atoms with van der Waals surface area (Å²) in [4.78, 5) is 20.2. The van der Waals surface area contributed by atoms with Crippen LogP contribution in [0.5, 0.6) is 0 Å². The van der Waals surface area contributed by atoms with Crippen LogP contribution in [0.25, 0.3) is 0 Å². The van der Waals surface area contributed by atoms with Gasteiger partial charge < -0.3 is 5.32 Å². The van der Waals surface area contributed by atoms with E-state index in [0.29, 0.717) is 12.0 Å². The lowest BCUT2D eigenvalue weighted by atomic mass is 9.75. The Hall–Kier alpha value is -1.45. The summed E-state index contributed by atoms with van der Waals surface area (Å²) in [5, 5.41) is 2.77. The Morgan fingerprint density at radius 3 is 2.74 bits per heavy atom. The molecule has 0 radical (unpaired) electrons. The number of amides is 1. The summed E-state index contributed by atoms with van der Waals surface area (Å²) in [5.74, 6) is 0.700. The highest BCUT2D eigenvalue weighted by molar-refractivity contribution is 5.72. The van der Waals surface area contributed by atoms with Crippen molar-refractivity contribution < 1.29 is 4.79 Å². The van der Waals surface area contributed by atoms with Crippen LogP contribution < -0.4 is 5.32 Å². The summed E-state index contributed by atoms with van der Waals surface area (Å²) in [5.41, 5.74) is 4.02. The van der Waals surface area contributed by atoms with Crippen LogP contribution >= 0.6 is 0 Å². The van der Waals surface area contributed by atoms with Gasteiger partial charge in [0.15, 0.2) is 0 Å². The van der Waals surface area contributed by atoms with Crippen molar-refractivity contribution in [2.45, 2.75) is 59.9 Å². The molecule has 1 amide bonds. The molecule has 0 atom stereocenters. The molecule has 0 aliphatic heterocycles. The molecule has 1 aliphatic carbocycles. The first-order valence-corrected chi connectivity index (χ1v) is 7.03. The molecule has 0 aromatic carbocycles. The molecule has 19 heavy (non-hydrogen) atoms. The fourth-order valence-corrected chi connectivity index (χ4v) is 2.65. The number of nitrogens with zero attached hydrogens (tertiary/aromatic N) is 2. The van der Waals surface area contributed by atoms with E-state index in [0.717, 1.165) is 30.8 Å². The van der Waals surface area contributed by atoms with Gasteiger partial charge in [-0.2, -0.15) is 0 Å². The quantitative estimate of drug-likeness (QED) is 0.907. The molecular weight excluding hydrogens is 238 g/mol. The molecule has 4 nitrogen and oxygen atoms in total. The van der Waals surface area contributed by atoms with Gasteiger partial charge in [-0.25, -0.2) is 9.97 Å². The maximum atomic E-state index is 11.0. The maximum Gasteiger partial charge on any atom is 0.217 e. The van der Waals surface area contributed by atoms with Crippen LogP contribution in [0.4, 0.5) is 0 Å². The van der Waals surface area contributed by atoms with E-state index in [1.807, 2.05) is 0 Å². The molecule has 2 rings (SSSR count). The average molecular weight is 261 g/mol. The van der Waals surface area contributed by atoms with Crippen molar-refractivity contribution in [2.75, 3.05) is 0 Å². The topological polar surface area (TPSA) is 54.9 Å². The lowest BCUT2D eigenvalue weighted by Crippen LogP contribution is -2.27. The zero-order valence-electron chi connectivity index (χ0n) is 12.3. The largest absolute Gasteiger partial charge is 0.349 e. The lowest BCUT2D eigenvalue weighted by molar-refractivity contribution is -0.119. The minimum Gasteiger partial charge on any atom is -0.349 e. The average Bonchev–Trinajstić information content (AvgIpc) is 2.34. The monoisotopic (exact) mass is 261 g/mol. The van der Waals surface area contributed by atoms with Crippen LogP contribution in [-0.4, -0.2) is 15.9 Å². The highest BCUT2D eigenvalue weighted by Gasteiger charge is 2.28. The van der Waals surface area contributed by atoms with Crippen LogP contribution in [0, 0.1) is 5.41 Å². The number of hydrogen-bond donors (Lipinski definition) is 1. The second-order valence-electron chi connectivity index (χ2n) is 6.12. The first-order chi connectivity index (χ1) is 8.91. The molecule has 1 N–H and O–H groups in total. The predicted octanol–water partition coefficient (Wildman–Crippen LogP) is 2.19. The molecule has 0 saturated carbocycles. The summed E-state index contributed by atoms with van der Waals surface area (Å²) in [6.45, 7) is 8.69. The van der Waals surface area contributed by atoms with E-state index >= 15 is 0 Å². The minimum absolute atomic E-state index is 0.0412. The van der Waals surface area contributed by atoms with Crippen molar-refractivity contribution in [3.63, 3.8) is 0 Å². The van der Waals surface area contributed by atoms with Crippen molar-refractivity contribution in [3.05, 3.63) is 22.8 Å². The predicted molar refractivity (Wildman–Crippen MR) is 74.7 cm³/mol. The smallest absolute Gasteiger partial charge is 0.217 e. The zero-order valence-corrected chi connectivity index (χ0v) is 12.3. The Bertz CT molecular complexity index is 477. The fourth-order valence-electron chi connectivity index (χ4n) is 2.65. The Balaban J connectivity index is 2.30. The zero-order chi connectivity index (χ0) is 14.0. The van der Waals surface area contributed by atoms with E-state index in [4.69, 9.17) is 0 Å². The van der Waals surface area contributed by atoms with Crippen molar-refractivity contribution >= 4 is 5.91 Å². The molecular formula is C15H23N3O. The lowest BCUT2D eigenvalue weighted by Gasteiger charge is -2.31. The van der Waals surface area contributed by atoms with Gasteiger partial charge in [0, 0.05) is 18.3 Å². The molecule has 1 heterocycles. The number of nitrogens with one attached hydrogen (secondary N) is 1. The molecule has 0 fully saturated rings. The number of fused-ring (bicyclic) bond motifs is 1. The van der Waals surface area contributed by atoms with E-state index in [1.165, 1.54) is 24.6 Å². The number of hydrogen-bond acceptors (Lipinski definition) is 3. The third-order valence-corrected chi connectivity index (χ3v) is 3.75. The number of carbonyl (C=O) groups excluding carboxylic acids is 1. The van der Waals surface area contributed by atoms with Crippen LogP contribution in [0.3, 0.4) is 0 Å². The second kappa shape index (κ2) is 5.27. The SMILES string of the molecule is CCc1nc(CNC(C)=O)nc2c1CC(C)(C)CC2. The van der Waals surface area contributed by atoms with Gasteiger partial charge >= 0.3 is 0 Å². The van der Waals surface area contributed by atoms with Crippen molar-refractivity contribution in [2.24, 2.45) is 5.41 Å². The summed E-state index contributed by atoms with van der Waals surface area (Å²) < 4.78 is 0. The summed E-state index contributed by atoms with van der Waals surface area (Å²) in [6, 6.07) is 0. The first kappa shape index (κ1) is 14.0. The van der Waals surface area contributed by atoms with Gasteiger partial charge in [0.1, 0.15) is 5.82 Å². The van der Waals surface area contributed by atoms with E-state index in [2.05, 4.69) is 36.1 Å². The molecule has 104 valence electrons. The normalized spacial score (nSPS) is 16.8. The number of rotatable bonds is 3. The maximum absolute atomic E-state index is 11.0. The molecule has 4 heteroatoms. The Kier molecular flexibility index (Phi) is 3.88. The molecule has 1 aromatic rings. The third-order valence-electron chi connectivity index (χ3n) is 3.75. The second-order valence-corrected chi connectivity index (χ2v) is 6.12. The van der Waals surface area contributed by atoms with Crippen LogP contribution in [0.1, 0.15) is 56.9 Å². The number of aromatic nitrogens is 2. The minimum atomic E-state index is -0.0412. The molecule has 0 saturated heterocycles. The fraction of sp³-hybridized carbons (Fsp3) is 0.667. The summed E-state index contributed by atoms with van der Waals surface area (Å²) in [6.07, 6.45) is 4.17. The van der Waals surface area contributed by atoms with Gasteiger partial charge in [0.05, 0.1) is 6.54 Å². The molecule has 0 bridgehead atoms. The Labute approximate surface area is 115 Å². The van der Waals surface area contributed by atoms with Gasteiger partial charge in [0.2, 0.25) is 5.91 Å². The molecule has 0 unspecified atom stereocenters. The van der Waals surface area contributed by atoms with Gasteiger partial charge in [-0.05, 0) is 36.7 Å². The van der Waals surface area contributed by atoms with Crippen molar-refractivity contribution in [1.29, 1.82) is 0 Å². The van der Waals surface area contributed by atoms with E-state index in [-0.39, 0.29) is 5.91 Å². The van der Waals surface area contributed by atoms with E-state index in [9.17, 15) is 4.79 Å². The van der Waals surface area contributed by atoms with Crippen molar-refractivity contribution in [3.8, 4) is 0 Å². The van der Waals surface area contributed by atoms with Gasteiger partial charge in [0.25, 0.3) is 0 Å². The first-order valence-electron chi connectivity index (χ1n) is 7.03. The molecule has 1 aliphatic rings. The Morgan fingerprint density at radius 1 is 1.37 bits per heavy atom. The molecule has 0 spiro atoms. The van der Waals surface area contributed by atoms with E-state index < -0.39 is 0 Å². The summed E-state index contributed by atoms with van der Waals surface area (Å²) in [7, 11) is 0. The highest BCUT2D eigenvalue weighted by Crippen LogP contribution is 2.35. The van der Waals surface area contributed by atoms with Crippen LogP contribution in [-0.2, 0) is 30.6 Å². The number of aryl methyl sites for hydroxylation is 2. The third kappa shape index (κ3) is 3.31. The van der Waals surface area contributed by atoms with Crippen LogP contribution in [0.15, 0.2) is 0 Å². The van der Waals surface area contributed by atoms with Gasteiger partial charge in [-0.15, -0.1) is 0 Å². The van der Waals surface area contributed by atoms with E-state index in [1.54, 1.807) is 0 Å². The highest BCUT2D eigenvalue weighted by atomic mass is 16.1. The van der Waals surface area contributed by atoms with Gasteiger partial charge in [-0.3, -0.25) is 4.79 Å². The van der Waals surface area contributed by atoms with Crippen molar-refractivity contribution in [1.82, 2.24) is 15.3 Å². The molecule has 1 aromatic heterocycles. The number of carbonyl (C=O) groups is 1. The Morgan fingerprint density at radius 2 is 2.11 bits per heavy atom. The summed E-state index contributed by atoms with van der Waals surface area (Å²) >= 11 is 0.